The minimum absolute atomic E-state index is 0.111. The molecule has 0 aliphatic carbocycles. The van der Waals surface area contributed by atoms with Crippen LogP contribution in [0.3, 0.4) is 0 Å². The second kappa shape index (κ2) is 5.19. The van der Waals surface area contributed by atoms with E-state index in [1.165, 1.54) is 18.0 Å². The molecule has 0 aromatic heterocycles. The van der Waals surface area contributed by atoms with E-state index in [1.807, 2.05) is 20.8 Å². The summed E-state index contributed by atoms with van der Waals surface area (Å²) in [5, 5.41) is 11.5. The highest BCUT2D eigenvalue weighted by molar-refractivity contribution is 9.10. The summed E-state index contributed by atoms with van der Waals surface area (Å²) in [6.45, 7) is 5.99. The van der Waals surface area contributed by atoms with Gasteiger partial charge in [0, 0.05) is 10.3 Å². The topological polar surface area (TPSA) is 32.6 Å². The second-order valence-corrected chi connectivity index (χ2v) is 6.93. The van der Waals surface area contributed by atoms with Crippen molar-refractivity contribution in [3.63, 3.8) is 0 Å². The van der Waals surface area contributed by atoms with Crippen molar-refractivity contribution in [2.24, 2.45) is 5.16 Å². The fourth-order valence-electron chi connectivity index (χ4n) is 1.12. The van der Waals surface area contributed by atoms with Gasteiger partial charge in [-0.3, -0.25) is 0 Å². The zero-order chi connectivity index (χ0) is 12.3. The van der Waals surface area contributed by atoms with Gasteiger partial charge in [0.15, 0.2) is 5.82 Å². The molecule has 0 amide bonds. The van der Waals surface area contributed by atoms with Gasteiger partial charge < -0.3 is 5.21 Å². The van der Waals surface area contributed by atoms with Crippen molar-refractivity contribution >= 4 is 33.9 Å². The number of halogens is 2. The second-order valence-electron chi connectivity index (χ2n) is 4.24. The van der Waals surface area contributed by atoms with E-state index < -0.39 is 0 Å². The van der Waals surface area contributed by atoms with Crippen LogP contribution in [0, 0.1) is 5.82 Å². The van der Waals surface area contributed by atoms with Crippen molar-refractivity contribution in [1.82, 2.24) is 0 Å². The summed E-state index contributed by atoms with van der Waals surface area (Å²) in [7, 11) is 0. The average Bonchev–Trinajstić information content (AvgIpc) is 2.16. The van der Waals surface area contributed by atoms with Gasteiger partial charge in [0.05, 0.1) is 15.6 Å². The zero-order valence-corrected chi connectivity index (χ0v) is 11.7. The van der Waals surface area contributed by atoms with E-state index in [9.17, 15) is 4.39 Å². The van der Waals surface area contributed by atoms with Crippen molar-refractivity contribution in [1.29, 1.82) is 0 Å². The van der Waals surface area contributed by atoms with E-state index in [2.05, 4.69) is 21.1 Å². The molecule has 2 nitrogen and oxygen atoms in total. The molecule has 0 saturated heterocycles. The molecular weight excluding hydrogens is 293 g/mol. The Kier molecular flexibility index (Phi) is 4.38. The molecule has 0 aliphatic rings. The van der Waals surface area contributed by atoms with Gasteiger partial charge in [0.25, 0.3) is 0 Å². The third-order valence-electron chi connectivity index (χ3n) is 1.69. The molecule has 1 aromatic carbocycles. The summed E-state index contributed by atoms with van der Waals surface area (Å²) in [5.74, 6) is -0.322. The Morgan fingerprint density at radius 3 is 2.56 bits per heavy atom. The van der Waals surface area contributed by atoms with Crippen molar-refractivity contribution in [3.05, 3.63) is 28.0 Å². The molecule has 1 N–H and O–H groups in total. The van der Waals surface area contributed by atoms with Crippen molar-refractivity contribution in [2.45, 2.75) is 30.4 Å². The minimum atomic E-state index is -0.322. The van der Waals surface area contributed by atoms with Crippen LogP contribution in [0.1, 0.15) is 26.3 Å². The Balaban J connectivity index is 3.26. The predicted octanol–water partition coefficient (Wildman–Crippen LogP) is 4.29. The first-order valence-corrected chi connectivity index (χ1v) is 6.30. The van der Waals surface area contributed by atoms with E-state index in [0.29, 0.717) is 14.9 Å². The van der Waals surface area contributed by atoms with Crippen LogP contribution in [0.5, 0.6) is 0 Å². The largest absolute Gasteiger partial charge is 0.411 e. The highest BCUT2D eigenvalue weighted by Crippen LogP contribution is 2.37. The highest BCUT2D eigenvalue weighted by Gasteiger charge is 2.19. The molecule has 0 aliphatic heterocycles. The molecule has 0 saturated carbocycles. The Hall–Kier alpha value is -0.550. The van der Waals surface area contributed by atoms with Crippen LogP contribution in [0.15, 0.2) is 26.7 Å². The summed E-state index contributed by atoms with van der Waals surface area (Å²) >= 11 is 4.54. The molecule has 0 fully saturated rings. The minimum Gasteiger partial charge on any atom is -0.411 e. The summed E-state index contributed by atoms with van der Waals surface area (Å²) in [6, 6.07) is 3.31. The first-order chi connectivity index (χ1) is 7.35. The van der Waals surface area contributed by atoms with Crippen molar-refractivity contribution in [2.75, 3.05) is 0 Å². The van der Waals surface area contributed by atoms with E-state index in [-0.39, 0.29) is 10.6 Å². The molecule has 0 atom stereocenters. The predicted molar refractivity (Wildman–Crippen MR) is 69.1 cm³/mol. The van der Waals surface area contributed by atoms with Gasteiger partial charge in [0.1, 0.15) is 0 Å². The van der Waals surface area contributed by atoms with E-state index in [4.69, 9.17) is 5.21 Å². The molecule has 1 rings (SSSR count). The SMILES string of the molecule is CC(C)(C)Sc1c(/C=N/O)ccc(Br)c1F. The summed E-state index contributed by atoms with van der Waals surface area (Å²) < 4.78 is 14.2. The van der Waals surface area contributed by atoms with Crippen LogP contribution in [0.2, 0.25) is 0 Å². The Morgan fingerprint density at radius 2 is 2.06 bits per heavy atom. The van der Waals surface area contributed by atoms with Gasteiger partial charge in [0.2, 0.25) is 0 Å². The van der Waals surface area contributed by atoms with Crippen molar-refractivity contribution in [3.8, 4) is 0 Å². The van der Waals surface area contributed by atoms with Gasteiger partial charge in [-0.15, -0.1) is 11.8 Å². The fraction of sp³-hybridized carbons (Fsp3) is 0.364. The molecule has 0 spiro atoms. The van der Waals surface area contributed by atoms with Crippen LogP contribution in [0.4, 0.5) is 4.39 Å². The summed E-state index contributed by atoms with van der Waals surface area (Å²) in [5.41, 5.74) is 0.572. The fourth-order valence-corrected chi connectivity index (χ4v) is 2.63. The number of oxime groups is 1. The lowest BCUT2D eigenvalue weighted by molar-refractivity contribution is 0.321. The Bertz CT molecular complexity index is 415. The quantitative estimate of drug-likeness (QED) is 0.383. The smallest absolute Gasteiger partial charge is 0.151 e. The maximum atomic E-state index is 13.9. The molecule has 16 heavy (non-hydrogen) atoms. The van der Waals surface area contributed by atoms with Crippen LogP contribution < -0.4 is 0 Å². The lowest BCUT2D eigenvalue weighted by atomic mass is 10.2. The lowest BCUT2D eigenvalue weighted by Gasteiger charge is -2.19. The van der Waals surface area contributed by atoms with E-state index >= 15 is 0 Å². The van der Waals surface area contributed by atoms with Gasteiger partial charge in [-0.05, 0) is 22.0 Å². The molecule has 0 heterocycles. The van der Waals surface area contributed by atoms with Gasteiger partial charge in [-0.25, -0.2) is 4.39 Å². The molecule has 0 unspecified atom stereocenters. The van der Waals surface area contributed by atoms with Crippen LogP contribution in [-0.4, -0.2) is 16.2 Å². The molecule has 5 heteroatoms. The number of thioether (sulfide) groups is 1. The standard InChI is InChI=1S/C11H13BrFNOS/c1-11(2,3)16-10-7(6-14-15)4-5-8(12)9(10)13/h4-6,15H,1-3H3/b14-6+. The molecule has 88 valence electrons. The normalized spacial score (nSPS) is 12.3. The van der Waals surface area contributed by atoms with Gasteiger partial charge in [-0.2, -0.15) is 0 Å². The van der Waals surface area contributed by atoms with Gasteiger partial charge in [-0.1, -0.05) is 32.0 Å². The Morgan fingerprint density at radius 1 is 1.44 bits per heavy atom. The maximum Gasteiger partial charge on any atom is 0.151 e. The highest BCUT2D eigenvalue weighted by atomic mass is 79.9. The average molecular weight is 306 g/mol. The number of hydrogen-bond acceptors (Lipinski definition) is 3. The van der Waals surface area contributed by atoms with Gasteiger partial charge >= 0.3 is 0 Å². The zero-order valence-electron chi connectivity index (χ0n) is 9.29. The number of benzene rings is 1. The maximum absolute atomic E-state index is 13.9. The van der Waals surface area contributed by atoms with Crippen LogP contribution in [-0.2, 0) is 0 Å². The molecule has 0 radical (unpaired) electrons. The Labute approximate surface area is 107 Å². The van der Waals surface area contributed by atoms with Crippen LogP contribution in [0.25, 0.3) is 0 Å². The van der Waals surface area contributed by atoms with Crippen molar-refractivity contribution < 1.29 is 9.60 Å². The van der Waals surface area contributed by atoms with E-state index in [0.717, 1.165) is 0 Å². The molecule has 1 aromatic rings. The third kappa shape index (κ3) is 3.49. The van der Waals surface area contributed by atoms with Crippen LogP contribution >= 0.6 is 27.7 Å². The molecule has 0 bridgehead atoms. The summed E-state index contributed by atoms with van der Waals surface area (Å²) in [4.78, 5) is 0.486. The molecular formula is C11H13BrFNOS. The van der Waals surface area contributed by atoms with E-state index in [1.54, 1.807) is 12.1 Å². The number of hydrogen-bond donors (Lipinski definition) is 1. The number of rotatable bonds is 2. The lowest BCUT2D eigenvalue weighted by Crippen LogP contribution is -2.09. The number of nitrogens with zero attached hydrogens (tertiary/aromatic N) is 1. The first kappa shape index (κ1) is 13.5. The first-order valence-electron chi connectivity index (χ1n) is 4.69. The summed E-state index contributed by atoms with van der Waals surface area (Å²) in [6.07, 6.45) is 1.24. The monoisotopic (exact) mass is 305 g/mol. The third-order valence-corrected chi connectivity index (χ3v) is 3.53.